The van der Waals surface area contributed by atoms with Crippen LogP contribution in [0.4, 0.5) is 15.9 Å². The van der Waals surface area contributed by atoms with E-state index in [0.717, 1.165) is 11.0 Å². The van der Waals surface area contributed by atoms with E-state index in [0.29, 0.717) is 11.5 Å². The maximum atomic E-state index is 12.9. The highest BCUT2D eigenvalue weighted by Gasteiger charge is 2.00. The molecule has 0 atom stereocenters. The number of rotatable bonds is 2. The van der Waals surface area contributed by atoms with Gasteiger partial charge in [-0.1, -0.05) is 0 Å². The van der Waals surface area contributed by atoms with E-state index in [4.69, 9.17) is 0 Å². The quantitative estimate of drug-likeness (QED) is 0.700. The van der Waals surface area contributed by atoms with E-state index in [2.05, 4.69) is 20.3 Å². The van der Waals surface area contributed by atoms with Crippen LogP contribution in [0.15, 0.2) is 48.8 Å². The van der Waals surface area contributed by atoms with Crippen LogP contribution >= 0.6 is 0 Å². The lowest BCUT2D eigenvalue weighted by atomic mass is 10.3. The summed E-state index contributed by atoms with van der Waals surface area (Å²) in [4.78, 5) is 12.1. The summed E-state index contributed by atoms with van der Waals surface area (Å²) in [5.41, 5.74) is 2.22. The summed E-state index contributed by atoms with van der Waals surface area (Å²) in [7, 11) is 0. The minimum Gasteiger partial charge on any atom is -0.340 e. The molecular weight excluding hydrogens is 231 g/mol. The second kappa shape index (κ2) is 4.37. The molecule has 1 N–H and O–H groups in total. The van der Waals surface area contributed by atoms with Gasteiger partial charge >= 0.3 is 0 Å². The Balaban J connectivity index is 1.95. The molecule has 0 aliphatic rings. The molecule has 0 aliphatic heterocycles. The van der Waals surface area contributed by atoms with Gasteiger partial charge in [-0.25, -0.2) is 9.97 Å². The summed E-state index contributed by atoms with van der Waals surface area (Å²) < 4.78 is 12.9. The predicted octanol–water partition coefficient (Wildman–Crippen LogP) is 2.91. The van der Waals surface area contributed by atoms with Gasteiger partial charge in [0.25, 0.3) is 0 Å². The molecule has 0 bridgehead atoms. The molecule has 0 amide bonds. The lowest BCUT2D eigenvalue weighted by Gasteiger charge is -2.05. The summed E-state index contributed by atoms with van der Waals surface area (Å²) >= 11 is 0. The van der Waals surface area contributed by atoms with Crippen molar-refractivity contribution in [3.05, 3.63) is 54.7 Å². The predicted molar refractivity (Wildman–Crippen MR) is 67.0 cm³/mol. The van der Waals surface area contributed by atoms with Crippen LogP contribution in [0.2, 0.25) is 0 Å². The average Bonchev–Trinajstić information content (AvgIpc) is 2.39. The van der Waals surface area contributed by atoms with Crippen molar-refractivity contribution in [1.29, 1.82) is 0 Å². The smallest absolute Gasteiger partial charge is 0.214 e. The Kier molecular flexibility index (Phi) is 2.57. The lowest BCUT2D eigenvalue weighted by molar-refractivity contribution is 0.584. The van der Waals surface area contributed by atoms with Crippen molar-refractivity contribution in [2.75, 3.05) is 5.32 Å². The van der Waals surface area contributed by atoms with Gasteiger partial charge in [0.15, 0.2) is 0 Å². The zero-order chi connectivity index (χ0) is 12.4. The first-order valence-electron chi connectivity index (χ1n) is 5.42. The highest BCUT2D eigenvalue weighted by atomic mass is 19.1. The molecule has 3 heterocycles. The molecule has 18 heavy (non-hydrogen) atoms. The van der Waals surface area contributed by atoms with Crippen molar-refractivity contribution in [2.45, 2.75) is 0 Å². The Morgan fingerprint density at radius 1 is 0.944 bits per heavy atom. The van der Waals surface area contributed by atoms with Crippen molar-refractivity contribution < 1.29 is 4.39 Å². The van der Waals surface area contributed by atoms with Gasteiger partial charge in [0.05, 0.1) is 11.0 Å². The zero-order valence-corrected chi connectivity index (χ0v) is 9.34. The molecule has 88 valence electrons. The number of nitrogens with zero attached hydrogens (tertiary/aromatic N) is 3. The Morgan fingerprint density at radius 3 is 2.78 bits per heavy atom. The van der Waals surface area contributed by atoms with E-state index in [9.17, 15) is 4.39 Å². The van der Waals surface area contributed by atoms with E-state index in [-0.39, 0.29) is 0 Å². The van der Waals surface area contributed by atoms with Crippen molar-refractivity contribution in [3.8, 4) is 0 Å². The molecule has 0 unspecified atom stereocenters. The Bertz CT molecular complexity index is 699. The molecule has 0 aliphatic carbocycles. The van der Waals surface area contributed by atoms with Gasteiger partial charge in [-0.3, -0.25) is 4.98 Å². The van der Waals surface area contributed by atoms with Crippen molar-refractivity contribution in [3.63, 3.8) is 0 Å². The third-order valence-corrected chi connectivity index (χ3v) is 2.46. The van der Waals surface area contributed by atoms with E-state index >= 15 is 0 Å². The topological polar surface area (TPSA) is 50.7 Å². The van der Waals surface area contributed by atoms with Gasteiger partial charge in [-0.05, 0) is 30.3 Å². The van der Waals surface area contributed by atoms with Crippen molar-refractivity contribution in [1.82, 2.24) is 15.0 Å². The van der Waals surface area contributed by atoms with Gasteiger partial charge in [0.1, 0.15) is 5.82 Å². The molecule has 3 aromatic rings. The van der Waals surface area contributed by atoms with Crippen molar-refractivity contribution >= 4 is 22.5 Å². The van der Waals surface area contributed by atoms with Gasteiger partial charge in [0.2, 0.25) is 5.95 Å². The summed E-state index contributed by atoms with van der Waals surface area (Å²) in [5, 5.41) is 3.02. The highest BCUT2D eigenvalue weighted by molar-refractivity contribution is 5.76. The first-order chi connectivity index (χ1) is 8.81. The number of fused-ring (bicyclic) bond motifs is 1. The first-order valence-corrected chi connectivity index (χ1v) is 5.42. The second-order valence-electron chi connectivity index (χ2n) is 3.73. The second-order valence-corrected chi connectivity index (χ2v) is 3.73. The van der Waals surface area contributed by atoms with Crippen LogP contribution in [0.5, 0.6) is 0 Å². The number of hydrogen-bond donors (Lipinski definition) is 1. The van der Waals surface area contributed by atoms with Crippen LogP contribution in [-0.4, -0.2) is 15.0 Å². The summed E-state index contributed by atoms with van der Waals surface area (Å²) in [6.07, 6.45) is 3.12. The normalized spacial score (nSPS) is 10.5. The highest BCUT2D eigenvalue weighted by Crippen LogP contribution is 2.17. The molecule has 3 aromatic heterocycles. The molecule has 0 aromatic carbocycles. The zero-order valence-electron chi connectivity index (χ0n) is 9.34. The van der Waals surface area contributed by atoms with Crippen LogP contribution in [0, 0.1) is 5.95 Å². The number of anilines is 2. The first kappa shape index (κ1) is 10.6. The number of aromatic nitrogens is 3. The Hall–Kier alpha value is -2.56. The van der Waals surface area contributed by atoms with Gasteiger partial charge in [-0.15, -0.1) is 0 Å². The standard InChI is InChI=1S/C13H9FN4/c14-12-8-9(5-7-16-12)17-13-4-3-10-11(18-13)2-1-6-15-10/h1-8H,(H,16,17,18). The monoisotopic (exact) mass is 240 g/mol. The molecule has 4 nitrogen and oxygen atoms in total. The lowest BCUT2D eigenvalue weighted by Crippen LogP contribution is -1.95. The molecule has 0 saturated heterocycles. The van der Waals surface area contributed by atoms with Gasteiger partial charge < -0.3 is 5.32 Å². The fraction of sp³-hybridized carbons (Fsp3) is 0. The Morgan fingerprint density at radius 2 is 1.89 bits per heavy atom. The minimum absolute atomic E-state index is 0.526. The van der Waals surface area contributed by atoms with E-state index < -0.39 is 5.95 Å². The third-order valence-electron chi connectivity index (χ3n) is 2.46. The number of hydrogen-bond acceptors (Lipinski definition) is 4. The SMILES string of the molecule is Fc1cc(Nc2ccc3ncccc3n2)ccn1. The van der Waals surface area contributed by atoms with Crippen LogP contribution in [0.1, 0.15) is 0 Å². The molecule has 5 heteroatoms. The van der Waals surface area contributed by atoms with Gasteiger partial charge in [0, 0.05) is 24.1 Å². The van der Waals surface area contributed by atoms with Crippen LogP contribution < -0.4 is 5.32 Å². The molecule has 0 radical (unpaired) electrons. The van der Waals surface area contributed by atoms with Crippen molar-refractivity contribution in [2.24, 2.45) is 0 Å². The number of halogens is 1. The average molecular weight is 240 g/mol. The number of nitrogens with one attached hydrogen (secondary N) is 1. The third kappa shape index (κ3) is 2.10. The molecule has 0 spiro atoms. The minimum atomic E-state index is -0.526. The Labute approximate surface area is 103 Å². The van der Waals surface area contributed by atoms with E-state index in [1.165, 1.54) is 12.3 Å². The molecular formula is C13H9FN4. The van der Waals surface area contributed by atoms with Crippen LogP contribution in [0.25, 0.3) is 11.0 Å². The maximum Gasteiger partial charge on any atom is 0.214 e. The van der Waals surface area contributed by atoms with Crippen LogP contribution in [0.3, 0.4) is 0 Å². The van der Waals surface area contributed by atoms with E-state index in [1.54, 1.807) is 18.3 Å². The fourth-order valence-electron chi connectivity index (χ4n) is 1.65. The molecule has 0 saturated carbocycles. The summed E-state index contributed by atoms with van der Waals surface area (Å²) in [5.74, 6) is 0.114. The molecule has 0 fully saturated rings. The van der Waals surface area contributed by atoms with Gasteiger partial charge in [-0.2, -0.15) is 4.39 Å². The summed E-state index contributed by atoms with van der Waals surface area (Å²) in [6, 6.07) is 10.4. The maximum absolute atomic E-state index is 12.9. The number of pyridine rings is 3. The largest absolute Gasteiger partial charge is 0.340 e. The van der Waals surface area contributed by atoms with E-state index in [1.807, 2.05) is 18.2 Å². The van der Waals surface area contributed by atoms with Crippen LogP contribution in [-0.2, 0) is 0 Å². The fourth-order valence-corrected chi connectivity index (χ4v) is 1.65. The molecule has 3 rings (SSSR count). The summed E-state index contributed by atoms with van der Waals surface area (Å²) in [6.45, 7) is 0.